The second kappa shape index (κ2) is 46.9. The van der Waals surface area contributed by atoms with E-state index in [2.05, 4.69) is 170 Å². The molecule has 2 saturated carbocycles. The SMILES string of the molecule is c1cc2ncc1CCCOc1ccc(cc1)OCCCCCCCCCCCCCCOc1ccc(cc1)OCCCc1ccc(nc1)-c1ccc(cn1)CCCOc1ccc(cc1)C1(CCCCC1)c1ccc(cc1)OCCCc1ccc(nc1)-c1ccc(cn1)CCCOc1ccc(cc1)C1(CCCCC1)c1ccc(cc1)OCCCc1ccc-2nc1. The number of ether oxygens (including phenoxy) is 8. The highest BCUT2D eigenvalue weighted by Crippen LogP contribution is 2.48. The summed E-state index contributed by atoms with van der Waals surface area (Å²) in [7, 11) is 0. The van der Waals surface area contributed by atoms with E-state index in [0.717, 1.165) is 209 Å². The van der Waals surface area contributed by atoms with Crippen molar-refractivity contribution in [1.82, 2.24) is 29.9 Å². The molecule has 0 radical (unpaired) electrons. The number of aryl methyl sites for hydroxylation is 6. The van der Waals surface area contributed by atoms with Crippen molar-refractivity contribution in [3.8, 4) is 80.2 Å². The Morgan fingerprint density at radius 1 is 0.153 bits per heavy atom. The molecule has 0 unspecified atom stereocenters. The van der Waals surface area contributed by atoms with Gasteiger partial charge in [-0.15, -0.1) is 0 Å². The summed E-state index contributed by atoms with van der Waals surface area (Å²) in [6.45, 7) is 5.30. The average Bonchev–Trinajstić information content (AvgIpc) is 0.773. The van der Waals surface area contributed by atoms with Crippen LogP contribution in [0, 0.1) is 0 Å². The highest BCUT2D eigenvalue weighted by atomic mass is 16.5. The Morgan fingerprint density at radius 3 is 0.476 bits per heavy atom. The van der Waals surface area contributed by atoms with Gasteiger partial charge in [-0.05, 0) is 305 Å². The highest BCUT2D eigenvalue weighted by molar-refractivity contribution is 5.57. The van der Waals surface area contributed by atoms with Crippen LogP contribution in [0.5, 0.6) is 46.0 Å². The number of nitrogens with zero attached hydrogens (tertiary/aromatic N) is 6. The molecule has 0 amide bonds. The summed E-state index contributed by atoms with van der Waals surface area (Å²) in [6.07, 6.45) is 49.5. The van der Waals surface area contributed by atoms with Crippen LogP contribution in [0.4, 0.5) is 0 Å². The van der Waals surface area contributed by atoms with E-state index >= 15 is 0 Å². The summed E-state index contributed by atoms with van der Waals surface area (Å²) in [4.78, 5) is 28.8. The molecule has 2 fully saturated rings. The zero-order valence-corrected chi connectivity index (χ0v) is 72.9. The molecule has 14 heteroatoms. The standard InChI is InChI=1S/C110H126N6O8/c1-2-4-6-8-10-18-72-118-100-55-59-102(60-56-100)124-78-24-30-90-36-66-108(116-84-90)106-64-34-88(82-114-106)28-22-76-122-98-51-43-94(44-52-98)110(69-15-12-16-70-110)92-39-47-96(48-40-92)120-74-20-26-86-32-62-104(112-80-86)103-61-31-85(79-111-103)25-19-73-119-95-45-37-91(38-46-95)109(67-13-11-14-68-109)93-41-49-97(50-42-93)121-75-21-27-87-33-63-105(113-81-87)107-65-35-89(83-115-107)29-23-77-123-101-57-53-99(54-58-101)117-71-17-9-7-5-3-1/h31-66,79-84H,1-30,67-78H2. The fourth-order valence-electron chi connectivity index (χ4n) is 18.0. The van der Waals surface area contributed by atoms with Gasteiger partial charge in [0.15, 0.2) is 0 Å². The second-order valence-electron chi connectivity index (χ2n) is 34.3. The van der Waals surface area contributed by atoms with Gasteiger partial charge in [0.2, 0.25) is 0 Å². The lowest BCUT2D eigenvalue weighted by molar-refractivity contribution is 0.298. The second-order valence-corrected chi connectivity index (χ2v) is 34.3. The van der Waals surface area contributed by atoms with Crippen LogP contribution in [0.3, 0.4) is 0 Å². The quantitative estimate of drug-likeness (QED) is 0.142. The van der Waals surface area contributed by atoms with Crippen LogP contribution in [0.25, 0.3) is 34.2 Å². The van der Waals surface area contributed by atoms with Crippen LogP contribution in [-0.4, -0.2) is 82.8 Å². The van der Waals surface area contributed by atoms with Crippen LogP contribution in [0.1, 0.15) is 235 Å². The third kappa shape index (κ3) is 26.1. The smallest absolute Gasteiger partial charge is 0.119 e. The van der Waals surface area contributed by atoms with Crippen molar-refractivity contribution < 1.29 is 37.9 Å². The van der Waals surface area contributed by atoms with E-state index in [1.54, 1.807) is 0 Å². The maximum Gasteiger partial charge on any atom is 0.119 e. The zero-order valence-electron chi connectivity index (χ0n) is 72.9. The number of aromatic nitrogens is 6. The van der Waals surface area contributed by atoms with Gasteiger partial charge in [0, 0.05) is 48.0 Å². The van der Waals surface area contributed by atoms with Crippen LogP contribution < -0.4 is 37.9 Å². The summed E-state index contributed by atoms with van der Waals surface area (Å²) in [5, 5.41) is 0. The summed E-state index contributed by atoms with van der Waals surface area (Å²) in [5.41, 5.74) is 17.8. The first kappa shape index (κ1) is 87.5. The molecule has 24 bridgehead atoms. The third-order valence-corrected chi connectivity index (χ3v) is 25.3. The van der Waals surface area contributed by atoms with Crippen molar-refractivity contribution >= 4 is 0 Å². The fourth-order valence-corrected chi connectivity index (χ4v) is 18.0. The molecular weight excluding hydrogens is 1530 g/mol. The molecule has 124 heavy (non-hydrogen) atoms. The molecule has 2 spiro atoms. The normalized spacial score (nSPS) is 17.3. The molecule has 0 atom stereocenters. The molecule has 14 nitrogen and oxygen atoms in total. The molecule has 12 aromatic rings. The van der Waals surface area contributed by atoms with Crippen molar-refractivity contribution in [3.63, 3.8) is 0 Å². The van der Waals surface area contributed by atoms with Crippen LogP contribution in [-0.2, 0) is 49.4 Å². The molecular formula is C110H126N6O8. The number of hydrogen-bond acceptors (Lipinski definition) is 14. The van der Waals surface area contributed by atoms with Gasteiger partial charge < -0.3 is 37.9 Å². The van der Waals surface area contributed by atoms with Gasteiger partial charge in [0.05, 0.1) is 87.0 Å². The van der Waals surface area contributed by atoms with Crippen LogP contribution in [0.15, 0.2) is 256 Å². The lowest BCUT2D eigenvalue weighted by atomic mass is 9.65. The number of hydrogen-bond donors (Lipinski definition) is 0. The van der Waals surface area contributed by atoms with Gasteiger partial charge in [-0.1, -0.05) is 188 Å². The summed E-state index contributed by atoms with van der Waals surface area (Å²) in [6, 6.07) is 77.2. The summed E-state index contributed by atoms with van der Waals surface area (Å²) < 4.78 is 49.7. The van der Waals surface area contributed by atoms with Crippen molar-refractivity contribution in [2.24, 2.45) is 0 Å². The summed E-state index contributed by atoms with van der Waals surface area (Å²) in [5.74, 6) is 7.15. The van der Waals surface area contributed by atoms with Gasteiger partial charge in [-0.25, -0.2) is 0 Å². The molecule has 0 saturated heterocycles. The molecule has 644 valence electrons. The Labute approximate surface area is 736 Å². The Bertz CT molecular complexity index is 4720. The fraction of sp³-hybridized carbons (Fsp3) is 0.400. The van der Waals surface area contributed by atoms with Crippen molar-refractivity contribution in [1.29, 1.82) is 0 Å². The predicted molar refractivity (Wildman–Crippen MR) is 498 cm³/mol. The van der Waals surface area contributed by atoms with Gasteiger partial charge in [-0.3, -0.25) is 29.9 Å². The largest absolute Gasteiger partial charge is 0.494 e. The Kier molecular flexibility index (Phi) is 33.1. The van der Waals surface area contributed by atoms with Crippen LogP contribution >= 0.6 is 0 Å². The van der Waals surface area contributed by atoms with Crippen molar-refractivity contribution in [3.05, 3.63) is 311 Å². The van der Waals surface area contributed by atoms with E-state index in [-0.39, 0.29) is 10.8 Å². The third-order valence-electron chi connectivity index (χ3n) is 25.3. The molecule has 0 N–H and O–H groups in total. The van der Waals surface area contributed by atoms with E-state index in [4.69, 9.17) is 67.8 Å². The van der Waals surface area contributed by atoms with Crippen molar-refractivity contribution in [2.75, 3.05) is 52.9 Å². The summed E-state index contributed by atoms with van der Waals surface area (Å²) >= 11 is 0. The van der Waals surface area contributed by atoms with Crippen molar-refractivity contribution in [2.45, 2.75) is 229 Å². The van der Waals surface area contributed by atoms with E-state index in [1.165, 1.54) is 158 Å². The van der Waals surface area contributed by atoms with E-state index in [1.807, 2.05) is 85.7 Å². The molecule has 32 heterocycles. The number of fused-ring (bicyclic) bond motifs is 3. The van der Waals surface area contributed by atoms with Gasteiger partial charge in [0.25, 0.3) is 0 Å². The first-order valence-corrected chi connectivity index (χ1v) is 46.7. The van der Waals surface area contributed by atoms with E-state index in [9.17, 15) is 0 Å². The topological polar surface area (TPSA) is 151 Å². The lowest BCUT2D eigenvalue weighted by Gasteiger charge is -2.38. The van der Waals surface area contributed by atoms with E-state index < -0.39 is 0 Å². The lowest BCUT2D eigenvalue weighted by Crippen LogP contribution is -2.30. The molecule has 28 aliphatic rings. The highest BCUT2D eigenvalue weighted by Gasteiger charge is 2.37. The van der Waals surface area contributed by atoms with Gasteiger partial charge in [0.1, 0.15) is 46.0 Å². The monoisotopic (exact) mass is 1660 g/mol. The molecule has 2 aliphatic carbocycles. The minimum absolute atomic E-state index is 0.0274. The number of rotatable bonds is 0. The van der Waals surface area contributed by atoms with Gasteiger partial charge in [-0.2, -0.15) is 0 Å². The predicted octanol–water partition coefficient (Wildman–Crippen LogP) is 26.1. The van der Waals surface area contributed by atoms with Gasteiger partial charge >= 0.3 is 0 Å². The Morgan fingerprint density at radius 2 is 0.306 bits per heavy atom. The maximum absolute atomic E-state index is 6.34. The molecule has 6 aromatic carbocycles. The first-order chi connectivity index (χ1) is 61.4. The average molecular weight is 1660 g/mol. The molecule has 6 aromatic heterocycles. The minimum atomic E-state index is -0.0274. The van der Waals surface area contributed by atoms with Crippen LogP contribution in [0.2, 0.25) is 0 Å². The minimum Gasteiger partial charge on any atom is -0.494 e. The maximum atomic E-state index is 6.34. The zero-order chi connectivity index (χ0) is 84.2. The number of benzene rings is 6. The molecule has 40 rings (SSSR count). The number of pyridine rings is 6. The van der Waals surface area contributed by atoms with E-state index in [0.29, 0.717) is 39.6 Å². The Balaban J connectivity index is 0.494. The Hall–Kier alpha value is -11.4. The molecule has 26 aliphatic heterocycles. The first-order valence-electron chi connectivity index (χ1n) is 46.7.